The molecule has 0 heterocycles. The fraction of sp³-hybridized carbons (Fsp3) is 0.111. The zero-order valence-electron chi connectivity index (χ0n) is 17.8. The average molecular weight is 407 g/mol. The summed E-state index contributed by atoms with van der Waals surface area (Å²) in [5.74, 6) is 0. The predicted molar refractivity (Wildman–Crippen MR) is 132 cm³/mol. The lowest BCUT2D eigenvalue weighted by atomic mass is 9.81. The van der Waals surface area contributed by atoms with Crippen molar-refractivity contribution in [3.63, 3.8) is 0 Å². The molecule has 0 atom stereocenters. The van der Waals surface area contributed by atoms with Gasteiger partial charge in [0.2, 0.25) is 0 Å². The lowest BCUT2D eigenvalue weighted by Gasteiger charge is -2.33. The van der Waals surface area contributed by atoms with E-state index in [9.17, 15) is 0 Å². The first-order chi connectivity index (χ1) is 14.9. The molecule has 0 saturated heterocycles. The third-order valence-electron chi connectivity index (χ3n) is 6.25. The molecule has 0 radical (unpaired) electrons. The van der Waals surface area contributed by atoms with Gasteiger partial charge in [0.05, 0.1) is 11.4 Å². The molecule has 4 heteroatoms. The molecule has 0 aromatic heterocycles. The molecule has 0 amide bonds. The van der Waals surface area contributed by atoms with Crippen molar-refractivity contribution < 1.29 is 0 Å². The topological polar surface area (TPSA) is 81.3 Å². The highest BCUT2D eigenvalue weighted by atomic mass is 15.2. The first kappa shape index (κ1) is 19.1. The zero-order valence-corrected chi connectivity index (χ0v) is 17.8. The van der Waals surface area contributed by atoms with Crippen LogP contribution < -0.4 is 22.1 Å². The van der Waals surface area contributed by atoms with Gasteiger partial charge in [-0.15, -0.1) is 0 Å². The van der Waals surface area contributed by atoms with E-state index < -0.39 is 0 Å². The third kappa shape index (κ3) is 2.91. The molecule has 4 aromatic carbocycles. The van der Waals surface area contributed by atoms with E-state index in [1.54, 1.807) is 0 Å². The van der Waals surface area contributed by atoms with E-state index in [-0.39, 0.29) is 5.41 Å². The summed E-state index contributed by atoms with van der Waals surface area (Å²) in [6.07, 6.45) is 0. The van der Waals surface area contributed by atoms with E-state index in [1.165, 1.54) is 22.3 Å². The molecular weight excluding hydrogens is 380 g/mol. The Kier molecular flexibility index (Phi) is 4.19. The number of hydrogen-bond donors (Lipinski definition) is 3. The van der Waals surface area contributed by atoms with Crippen LogP contribution in [-0.4, -0.2) is 0 Å². The van der Waals surface area contributed by atoms with Crippen molar-refractivity contribution in [2.45, 2.75) is 19.3 Å². The van der Waals surface area contributed by atoms with Crippen LogP contribution in [0.5, 0.6) is 0 Å². The van der Waals surface area contributed by atoms with Gasteiger partial charge in [-0.05, 0) is 76.9 Å². The second-order valence-electron chi connectivity index (χ2n) is 8.62. The Hall–Kier alpha value is -3.92. The largest absolute Gasteiger partial charge is 0.399 e. The fourth-order valence-corrected chi connectivity index (χ4v) is 4.76. The maximum atomic E-state index is 6.69. The summed E-state index contributed by atoms with van der Waals surface area (Å²) < 4.78 is 0. The molecule has 1 aliphatic carbocycles. The summed E-state index contributed by atoms with van der Waals surface area (Å²) in [6.45, 7) is 4.54. The van der Waals surface area contributed by atoms with Crippen LogP contribution in [0, 0.1) is 0 Å². The molecular formula is C27H26N4. The summed E-state index contributed by atoms with van der Waals surface area (Å²) >= 11 is 0. The normalized spacial score (nSPS) is 13.5. The predicted octanol–water partition coefficient (Wildman–Crippen LogP) is 6.21. The standard InChI is InChI=1S/C27H26N4/c1-27(2)23-6-4-3-5-21(23)22-15-16-24(30)26(25(22)27)31(19-11-7-17(28)8-12-19)20-13-9-18(29)10-14-20/h3-16H,28-30H2,1-2H3. The fourth-order valence-electron chi connectivity index (χ4n) is 4.76. The summed E-state index contributed by atoms with van der Waals surface area (Å²) in [6, 6.07) is 28.5. The highest BCUT2D eigenvalue weighted by Crippen LogP contribution is 2.55. The van der Waals surface area contributed by atoms with Crippen molar-refractivity contribution in [1.82, 2.24) is 0 Å². The SMILES string of the molecule is CC1(C)c2ccccc2-c2ccc(N)c(N(c3ccc(N)cc3)c3ccc(N)cc3)c21. The molecule has 0 saturated carbocycles. The Labute approximate surface area is 182 Å². The summed E-state index contributed by atoms with van der Waals surface area (Å²) in [5, 5.41) is 0. The summed E-state index contributed by atoms with van der Waals surface area (Å²) in [4.78, 5) is 2.21. The maximum Gasteiger partial charge on any atom is 0.0738 e. The molecule has 0 unspecified atom stereocenters. The Morgan fingerprint density at radius 2 is 1.16 bits per heavy atom. The van der Waals surface area contributed by atoms with Crippen molar-refractivity contribution in [2.75, 3.05) is 22.1 Å². The molecule has 31 heavy (non-hydrogen) atoms. The minimum atomic E-state index is -0.198. The van der Waals surface area contributed by atoms with Gasteiger partial charge < -0.3 is 22.1 Å². The van der Waals surface area contributed by atoms with Crippen LogP contribution >= 0.6 is 0 Å². The van der Waals surface area contributed by atoms with Gasteiger partial charge in [-0.3, -0.25) is 0 Å². The van der Waals surface area contributed by atoms with Gasteiger partial charge in [0.1, 0.15) is 0 Å². The Morgan fingerprint density at radius 3 is 1.74 bits per heavy atom. The number of nitrogen functional groups attached to an aromatic ring is 3. The van der Waals surface area contributed by atoms with Gasteiger partial charge >= 0.3 is 0 Å². The number of anilines is 6. The van der Waals surface area contributed by atoms with Crippen LogP contribution in [0.25, 0.3) is 11.1 Å². The van der Waals surface area contributed by atoms with Crippen LogP contribution in [0.15, 0.2) is 84.9 Å². The van der Waals surface area contributed by atoms with Crippen LogP contribution in [0.2, 0.25) is 0 Å². The van der Waals surface area contributed by atoms with E-state index in [2.05, 4.69) is 49.1 Å². The van der Waals surface area contributed by atoms with Crippen molar-refractivity contribution in [2.24, 2.45) is 0 Å². The highest BCUT2D eigenvalue weighted by molar-refractivity contribution is 5.95. The Bertz CT molecular complexity index is 1230. The van der Waals surface area contributed by atoms with Crippen molar-refractivity contribution in [3.05, 3.63) is 96.1 Å². The number of hydrogen-bond acceptors (Lipinski definition) is 4. The van der Waals surface area contributed by atoms with E-state index in [4.69, 9.17) is 17.2 Å². The Morgan fingerprint density at radius 1 is 0.613 bits per heavy atom. The molecule has 1 aliphatic rings. The summed E-state index contributed by atoms with van der Waals surface area (Å²) in [5.41, 5.74) is 28.6. The molecule has 6 N–H and O–H groups in total. The molecule has 4 nitrogen and oxygen atoms in total. The monoisotopic (exact) mass is 406 g/mol. The van der Waals surface area contributed by atoms with Crippen LogP contribution in [0.4, 0.5) is 34.1 Å². The van der Waals surface area contributed by atoms with Gasteiger partial charge in [-0.1, -0.05) is 44.2 Å². The third-order valence-corrected chi connectivity index (χ3v) is 6.25. The van der Waals surface area contributed by atoms with Crippen molar-refractivity contribution in [3.8, 4) is 11.1 Å². The molecule has 0 aliphatic heterocycles. The molecule has 5 rings (SSSR count). The van der Waals surface area contributed by atoms with Gasteiger partial charge in [-0.2, -0.15) is 0 Å². The average Bonchev–Trinajstić information content (AvgIpc) is 3.00. The van der Waals surface area contributed by atoms with E-state index in [1.807, 2.05) is 54.6 Å². The van der Waals surface area contributed by atoms with E-state index in [0.717, 1.165) is 34.1 Å². The van der Waals surface area contributed by atoms with Gasteiger partial charge in [0.25, 0.3) is 0 Å². The smallest absolute Gasteiger partial charge is 0.0738 e. The number of nitrogens with two attached hydrogens (primary N) is 3. The van der Waals surface area contributed by atoms with Gasteiger partial charge in [-0.25, -0.2) is 0 Å². The minimum Gasteiger partial charge on any atom is -0.399 e. The first-order valence-electron chi connectivity index (χ1n) is 10.4. The Balaban J connectivity index is 1.83. The summed E-state index contributed by atoms with van der Waals surface area (Å²) in [7, 11) is 0. The number of fused-ring (bicyclic) bond motifs is 3. The highest BCUT2D eigenvalue weighted by Gasteiger charge is 2.39. The quantitative estimate of drug-likeness (QED) is 0.353. The molecule has 154 valence electrons. The van der Waals surface area contributed by atoms with Crippen molar-refractivity contribution >= 4 is 34.1 Å². The zero-order chi connectivity index (χ0) is 21.8. The lowest BCUT2D eigenvalue weighted by molar-refractivity contribution is 0.661. The van der Waals surface area contributed by atoms with E-state index in [0.29, 0.717) is 0 Å². The lowest BCUT2D eigenvalue weighted by Crippen LogP contribution is -2.22. The maximum absolute atomic E-state index is 6.69. The minimum absolute atomic E-state index is 0.198. The number of nitrogens with zero attached hydrogens (tertiary/aromatic N) is 1. The molecule has 4 aromatic rings. The van der Waals surface area contributed by atoms with Crippen LogP contribution in [0.1, 0.15) is 25.0 Å². The number of rotatable bonds is 3. The van der Waals surface area contributed by atoms with Gasteiger partial charge in [0, 0.05) is 28.2 Å². The van der Waals surface area contributed by atoms with Crippen LogP contribution in [-0.2, 0) is 5.41 Å². The van der Waals surface area contributed by atoms with Crippen molar-refractivity contribution in [1.29, 1.82) is 0 Å². The van der Waals surface area contributed by atoms with E-state index >= 15 is 0 Å². The molecule has 0 bridgehead atoms. The van der Waals surface area contributed by atoms with Gasteiger partial charge in [0.15, 0.2) is 0 Å². The second kappa shape index (κ2) is 6.81. The first-order valence-corrected chi connectivity index (χ1v) is 10.4. The molecule has 0 spiro atoms. The molecule has 0 fully saturated rings. The number of benzene rings is 4. The van der Waals surface area contributed by atoms with Crippen LogP contribution in [0.3, 0.4) is 0 Å². The second-order valence-corrected chi connectivity index (χ2v) is 8.62.